The summed E-state index contributed by atoms with van der Waals surface area (Å²) in [7, 11) is 0. The molecule has 2 aliphatic heterocycles. The van der Waals surface area contributed by atoms with Gasteiger partial charge in [-0.3, -0.25) is 0 Å². The number of carboxylic acid groups (broad SMARTS) is 4. The fourth-order valence-corrected chi connectivity index (χ4v) is 10.4. The number of hydrogen-bond donors (Lipinski definition) is 4. The van der Waals surface area contributed by atoms with Crippen molar-refractivity contribution in [1.82, 2.24) is 39.9 Å². The Morgan fingerprint density at radius 2 is 0.855 bits per heavy atom. The van der Waals surface area contributed by atoms with Gasteiger partial charge in [0.1, 0.15) is 35.5 Å². The average Bonchev–Trinajstić information content (AvgIpc) is 3.04. The number of fused-ring (bicyclic) bond motifs is 20. The Kier molecular flexibility index (Phi) is 14.4. The van der Waals surface area contributed by atoms with Crippen molar-refractivity contribution in [1.29, 1.82) is 0 Å². The van der Waals surface area contributed by atoms with Gasteiger partial charge in [-0.15, -0.1) is 0 Å². The summed E-state index contributed by atoms with van der Waals surface area (Å²) in [6.07, 6.45) is 0. The molecule has 23 heteroatoms. The molecule has 5 heterocycles. The van der Waals surface area contributed by atoms with Crippen molar-refractivity contribution in [2.24, 2.45) is 0 Å². The minimum atomic E-state index is -1.39. The van der Waals surface area contributed by atoms with Crippen LogP contribution in [0.2, 0.25) is 15.1 Å². The summed E-state index contributed by atoms with van der Waals surface area (Å²) in [4.78, 5) is 87.9. The minimum Gasteiger partial charge on any atom is -0.489 e. The molecule has 4 N–H and O–H groups in total. The van der Waals surface area contributed by atoms with Crippen LogP contribution < -0.4 is 24.2 Å². The topological polar surface area (TPSA) is 282 Å². The maximum Gasteiger partial charge on any atom is 2.00 e. The van der Waals surface area contributed by atoms with Crippen molar-refractivity contribution in [3.8, 4) is 68.5 Å². The second kappa shape index (κ2) is 21.5. The van der Waals surface area contributed by atoms with Crippen LogP contribution in [-0.4, -0.2) is 74.2 Å². The molecule has 0 atom stereocenters. The summed E-state index contributed by atoms with van der Waals surface area (Å²) in [5.41, 5.74) is 3.63. The van der Waals surface area contributed by atoms with Crippen LogP contribution in [0, 0.1) is 0 Å². The number of hydrogen-bond acceptors (Lipinski definition) is 13. The van der Waals surface area contributed by atoms with Crippen LogP contribution in [0.4, 0.5) is 0 Å². The van der Waals surface area contributed by atoms with Crippen LogP contribution in [-0.2, 0) is 38.1 Å². The van der Waals surface area contributed by atoms with Crippen LogP contribution in [0.5, 0.6) is 23.0 Å². The van der Waals surface area contributed by atoms with Crippen LogP contribution in [0.1, 0.15) is 78.9 Å². The predicted octanol–water partition coefficient (Wildman–Crippen LogP) is 13.1. The first-order valence-corrected chi connectivity index (χ1v) is 25.9. The molecule has 10 aromatic rings. The van der Waals surface area contributed by atoms with Gasteiger partial charge >= 0.3 is 43.4 Å². The second-order valence-corrected chi connectivity index (χ2v) is 21.1. The monoisotopic (exact) mass is 1210 g/mol. The quantitative estimate of drug-likeness (QED) is 0.0653. The van der Waals surface area contributed by atoms with Crippen LogP contribution in [0.15, 0.2) is 121 Å². The molecule has 406 valence electrons. The fraction of sp³-hybridized carbons (Fsp3) is 0.100. The summed E-state index contributed by atoms with van der Waals surface area (Å²) in [6, 6.07) is 32.3. The first-order chi connectivity index (χ1) is 39.2. The fourth-order valence-electron chi connectivity index (χ4n) is 9.50. The molecule has 12 rings (SSSR count). The van der Waals surface area contributed by atoms with Gasteiger partial charge in [0, 0.05) is 55.6 Å². The Labute approximate surface area is 496 Å². The largest absolute Gasteiger partial charge is 2.00 e. The molecule has 0 spiro atoms. The van der Waals surface area contributed by atoms with Gasteiger partial charge in [-0.25, -0.2) is 29.1 Å². The third-order valence-electron chi connectivity index (χ3n) is 13.5. The first-order valence-electron chi connectivity index (χ1n) is 24.8. The van der Waals surface area contributed by atoms with E-state index in [9.17, 15) is 39.6 Å². The molecule has 83 heavy (non-hydrogen) atoms. The van der Waals surface area contributed by atoms with Crippen molar-refractivity contribution in [2.45, 2.75) is 39.4 Å². The van der Waals surface area contributed by atoms with Gasteiger partial charge in [0.2, 0.25) is 0 Å². The van der Waals surface area contributed by atoms with Crippen LogP contribution in [0.25, 0.3) is 89.7 Å². The third-order valence-corrected chi connectivity index (χ3v) is 14.7. The van der Waals surface area contributed by atoms with E-state index in [1.54, 1.807) is 6.07 Å². The molecule has 0 saturated heterocycles. The SMILES string of the molecule is CC(C)(C)c1ccc2c3nc4nc(nc5[n-]c(nc6nc(nc([n-]3)c2c1)-c1ccccc1-6)c1c(Cl)c(Oc2cc(COc3cc(C(=O)O)cc(C(=O)O)c3)cc(COc3cc(C(=O)O)cc(C(=O)O)c3)c2)c(Cl)c(Cl)c51)-c1ccccc1-4.[Zn+2]. The number of halogens is 3. The summed E-state index contributed by atoms with van der Waals surface area (Å²) in [5.74, 6) is -4.73. The number of benzene rings is 7. The molecule has 8 bridgehead atoms. The van der Waals surface area contributed by atoms with Crippen LogP contribution >= 0.6 is 34.8 Å². The number of ether oxygens (including phenoxy) is 3. The van der Waals surface area contributed by atoms with Crippen LogP contribution in [0.3, 0.4) is 0 Å². The van der Waals surface area contributed by atoms with Gasteiger partial charge in [-0.1, -0.05) is 116 Å². The smallest absolute Gasteiger partial charge is 0.489 e. The van der Waals surface area contributed by atoms with E-state index in [4.69, 9.17) is 88.9 Å². The molecule has 0 radical (unpaired) electrons. The van der Waals surface area contributed by atoms with E-state index in [0.717, 1.165) is 52.7 Å². The van der Waals surface area contributed by atoms with Gasteiger partial charge in [0.05, 0.1) is 55.6 Å². The van der Waals surface area contributed by atoms with E-state index in [1.165, 1.54) is 12.1 Å². The standard InChI is InChI=1S/C60H39Cl3N8O11.Zn/c1-60(2,3)32-12-13-40-41(23-32)53-67-49-37-9-5-7-11-39(37)51(65-49)70-55-43-42(54(71-55)69-50-38-10-6-4-8-36(38)48(64-50)66-52(40)68-53)44(61)46(63)47(45(43)62)82-35-15-26(24-80-33-19-28(56(72)73)17-29(20-33)57(74)75)14-27(16-35)25-81-34-21-30(58(76)77)18-31(22-34)59(78)79;/h4-23H,24-25H2,1-3H3,(H6,64,65,66,67,68,69,70,71,72,73,74,75,76,77,78,79);/q;+2/p-2. The summed E-state index contributed by atoms with van der Waals surface area (Å²) < 4.78 is 18.5. The summed E-state index contributed by atoms with van der Waals surface area (Å²) in [6.45, 7) is 5.76. The minimum absolute atomic E-state index is 0. The van der Waals surface area contributed by atoms with Crippen molar-refractivity contribution in [3.63, 3.8) is 0 Å². The number of nitrogens with zero attached hydrogens (tertiary/aromatic N) is 8. The van der Waals surface area contributed by atoms with Gasteiger partial charge < -0.3 is 64.5 Å². The van der Waals surface area contributed by atoms with Crippen molar-refractivity contribution >= 4 is 103 Å². The van der Waals surface area contributed by atoms with Crippen molar-refractivity contribution in [2.75, 3.05) is 0 Å². The van der Waals surface area contributed by atoms with Gasteiger partial charge in [-0.2, -0.15) is 0 Å². The van der Waals surface area contributed by atoms with E-state index in [2.05, 4.69) is 32.9 Å². The van der Waals surface area contributed by atoms with Gasteiger partial charge in [-0.05, 0) is 93.5 Å². The molecule has 0 aliphatic carbocycles. The maximum atomic E-state index is 11.9. The Morgan fingerprint density at radius 1 is 0.458 bits per heavy atom. The predicted molar refractivity (Wildman–Crippen MR) is 304 cm³/mol. The average molecular weight is 1220 g/mol. The molecule has 0 fully saturated rings. The van der Waals surface area contributed by atoms with Gasteiger partial charge in [0.25, 0.3) is 0 Å². The molecule has 0 unspecified atom stereocenters. The van der Waals surface area contributed by atoms with Gasteiger partial charge in [0.15, 0.2) is 5.75 Å². The zero-order valence-corrected chi connectivity index (χ0v) is 48.8. The number of aromatic carboxylic acids is 4. The molecule has 19 nitrogen and oxygen atoms in total. The number of rotatable bonds is 12. The van der Waals surface area contributed by atoms with E-state index >= 15 is 0 Å². The zero-order valence-electron chi connectivity index (χ0n) is 43.5. The second-order valence-electron chi connectivity index (χ2n) is 20.0. The molecule has 0 saturated carbocycles. The number of aromatic nitrogens is 8. The van der Waals surface area contributed by atoms with Crippen molar-refractivity contribution < 1.29 is 73.3 Å². The molecule has 7 aromatic carbocycles. The summed E-state index contributed by atoms with van der Waals surface area (Å²) >= 11 is 22.0. The Morgan fingerprint density at radius 3 is 1.28 bits per heavy atom. The molecule has 3 aromatic heterocycles. The van der Waals surface area contributed by atoms with E-state index in [1.807, 2.05) is 54.6 Å². The molecule has 0 amide bonds. The summed E-state index contributed by atoms with van der Waals surface area (Å²) in [5, 5.41) is 40.4. The van der Waals surface area contributed by atoms with E-state index in [-0.39, 0.29) is 132 Å². The maximum absolute atomic E-state index is 11.9. The molecular formula is C60H37Cl3N8O11Zn. The third kappa shape index (κ3) is 10.5. The normalized spacial score (nSPS) is 11.6. The number of carboxylic acids is 4. The number of carbonyl (C=O) groups is 4. The first kappa shape index (κ1) is 55.6. The van der Waals surface area contributed by atoms with E-state index < -0.39 is 23.9 Å². The molecular weight excluding hydrogens is 1180 g/mol. The Balaban J connectivity index is 0.00000721. The zero-order chi connectivity index (χ0) is 57.5. The van der Waals surface area contributed by atoms with E-state index in [0.29, 0.717) is 56.3 Å². The Bertz CT molecular complexity index is 4480. The van der Waals surface area contributed by atoms with Crippen molar-refractivity contribution in [3.05, 3.63) is 175 Å². The Hall–Kier alpha value is -9.33. The molecule has 2 aliphatic rings.